The van der Waals surface area contributed by atoms with Crippen molar-refractivity contribution in [3.63, 3.8) is 0 Å². The van der Waals surface area contributed by atoms with E-state index in [1.807, 2.05) is 25.1 Å². The van der Waals surface area contributed by atoms with Gasteiger partial charge in [-0.25, -0.2) is 0 Å². The molecule has 0 unspecified atom stereocenters. The number of amides is 1. The summed E-state index contributed by atoms with van der Waals surface area (Å²) < 4.78 is 16.0. The number of hydrogen-bond acceptors (Lipinski definition) is 10. The number of carbonyl (C=O) groups excluding carboxylic acids is 3. The summed E-state index contributed by atoms with van der Waals surface area (Å²) in [4.78, 5) is 42.7. The number of aliphatic hydroxyl groups is 3. The second kappa shape index (κ2) is 11.7. The van der Waals surface area contributed by atoms with Gasteiger partial charge >= 0.3 is 0 Å². The van der Waals surface area contributed by atoms with Gasteiger partial charge in [-0.3, -0.25) is 19.3 Å². The third-order valence-corrected chi connectivity index (χ3v) is 8.13. The lowest BCUT2D eigenvalue weighted by Crippen LogP contribution is -2.65. The van der Waals surface area contributed by atoms with E-state index in [0.29, 0.717) is 30.1 Å². The highest BCUT2D eigenvalue weighted by atomic mass is 20.0. The Balaban J connectivity index is 0.00000226. The predicted octanol–water partition coefficient (Wildman–Crippen LogP) is 1.62. The number of phenols is 1. The molecule has 3 aliphatic rings. The summed E-state index contributed by atoms with van der Waals surface area (Å²) >= 11 is 0. The molecule has 0 spiro atoms. The van der Waals surface area contributed by atoms with Crippen LogP contribution in [0.2, 0.25) is 0 Å². The summed E-state index contributed by atoms with van der Waals surface area (Å²) in [6, 6.07) is 0.736. The van der Waals surface area contributed by atoms with Crippen LogP contribution in [0.25, 0.3) is 5.76 Å². The van der Waals surface area contributed by atoms with Crippen LogP contribution in [-0.2, 0) is 27.3 Å². The molecule has 13 heteroatoms. The van der Waals surface area contributed by atoms with E-state index in [-0.39, 0.29) is 29.7 Å². The molecule has 41 heavy (non-hydrogen) atoms. The molecule has 4 atom stereocenters. The topological polar surface area (TPSA) is 177 Å². The number of phenolic OH excluding ortho intramolecular Hbond substituents is 1. The number of hydrogen-bond donors (Lipinski definition) is 6. The monoisotopic (exact) mass is 580 g/mol. The van der Waals surface area contributed by atoms with Gasteiger partial charge in [-0.15, -0.1) is 0 Å². The van der Waals surface area contributed by atoms with E-state index >= 15 is 0 Å². The Bertz CT molecular complexity index is 1320. The summed E-state index contributed by atoms with van der Waals surface area (Å²) in [5, 5.41) is 48.8. The molecule has 226 valence electrons. The Morgan fingerprint density at radius 2 is 1.78 bits per heavy atom. The van der Waals surface area contributed by atoms with Crippen molar-refractivity contribution < 1.29 is 44.0 Å². The van der Waals surface area contributed by atoms with Crippen molar-refractivity contribution in [1.82, 2.24) is 10.2 Å². The van der Waals surface area contributed by atoms with E-state index in [1.54, 1.807) is 14.1 Å². The van der Waals surface area contributed by atoms with Crippen molar-refractivity contribution in [3.05, 3.63) is 39.7 Å². The molecular weight excluding hydrogens is 542 g/mol. The third kappa shape index (κ3) is 5.06. The summed E-state index contributed by atoms with van der Waals surface area (Å²) in [7, 11) is 6.83. The van der Waals surface area contributed by atoms with Crippen LogP contribution in [0.1, 0.15) is 37.0 Å². The molecule has 0 aromatic heterocycles. The lowest BCUT2D eigenvalue weighted by Gasteiger charge is -2.50. The number of halogens is 2. The van der Waals surface area contributed by atoms with Crippen LogP contribution < -0.4 is 16.0 Å². The van der Waals surface area contributed by atoms with Crippen molar-refractivity contribution in [2.45, 2.75) is 44.9 Å². The Hall–Kier alpha value is -3.55. The van der Waals surface area contributed by atoms with Crippen molar-refractivity contribution in [2.24, 2.45) is 23.5 Å². The maximum atomic E-state index is 14.0. The van der Waals surface area contributed by atoms with Crippen LogP contribution in [0.4, 0.5) is 14.8 Å². The molecule has 1 aromatic carbocycles. The number of anilines is 1. The summed E-state index contributed by atoms with van der Waals surface area (Å²) in [6.07, 6.45) is 0.298. The molecule has 1 fully saturated rings. The van der Waals surface area contributed by atoms with E-state index in [9.17, 15) is 34.8 Å². The lowest BCUT2D eigenvalue weighted by atomic mass is 9.57. The fourth-order valence-electron chi connectivity index (χ4n) is 6.38. The highest BCUT2D eigenvalue weighted by Gasteiger charge is 2.64. The molecule has 0 saturated heterocycles. The molecule has 1 aromatic rings. The Labute approximate surface area is 236 Å². The quantitative estimate of drug-likeness (QED) is 0.260. The number of aromatic hydroxyl groups is 1. The number of benzene rings is 1. The third-order valence-electron chi connectivity index (χ3n) is 8.13. The standard InChI is InChI=1S/C28H38N4O7.F2/c1-12(2)10-30-11-14-9-17(31(3)4)15-7-13-8-16-21(32(5)6)24(35)20(27(29)38)26(37)28(16,39)25(36)18(13)23(34)19(15)22(14)33;1-2/h9,12-13,16,21,30,33-34,37,39H,7-8,10-11H2,1-6H3,(H2,29,38);/t13-,16-,21+,28-;/m0./s1. The minimum atomic E-state index is -2.65. The SMILES string of the molecule is CC(C)CNCc1cc(N(C)C)c2c(c1O)C(O)=C1C(=O)[C@]3(O)C(O)=C(C(N)=O)C(=O)[C@H](N(C)C)[C@@H]3C[C@@H]1C2.FF. The fourth-order valence-corrected chi connectivity index (χ4v) is 6.38. The van der Waals surface area contributed by atoms with Gasteiger partial charge < -0.3 is 36.4 Å². The molecule has 4 rings (SSSR count). The van der Waals surface area contributed by atoms with Crippen LogP contribution in [-0.4, -0.2) is 89.2 Å². The van der Waals surface area contributed by atoms with Crippen molar-refractivity contribution in [3.8, 4) is 5.75 Å². The normalized spacial score (nSPS) is 25.5. The Morgan fingerprint density at radius 1 is 1.17 bits per heavy atom. The second-order valence-corrected chi connectivity index (χ2v) is 11.6. The average Bonchev–Trinajstić information content (AvgIpc) is 2.87. The number of nitrogens with two attached hydrogens (primary N) is 1. The number of ketones is 2. The van der Waals surface area contributed by atoms with Gasteiger partial charge in [0.1, 0.15) is 22.8 Å². The van der Waals surface area contributed by atoms with Crippen molar-refractivity contribution in [1.29, 1.82) is 0 Å². The first-order valence-electron chi connectivity index (χ1n) is 13.2. The maximum absolute atomic E-state index is 14.0. The number of aliphatic hydroxyl groups excluding tert-OH is 2. The number of carbonyl (C=O) groups is 3. The Kier molecular flexibility index (Phi) is 9.16. The number of nitrogens with one attached hydrogen (secondary N) is 1. The van der Waals surface area contributed by atoms with Crippen LogP contribution in [0.5, 0.6) is 5.75 Å². The number of rotatable bonds is 7. The Morgan fingerprint density at radius 3 is 2.29 bits per heavy atom. The molecule has 0 radical (unpaired) electrons. The van der Waals surface area contributed by atoms with Crippen LogP contribution in [0.3, 0.4) is 0 Å². The second-order valence-electron chi connectivity index (χ2n) is 11.6. The van der Waals surface area contributed by atoms with E-state index in [4.69, 9.17) is 14.9 Å². The number of Topliss-reactive ketones (excluding diaryl/α,β-unsaturated/α-hetero) is 2. The van der Waals surface area contributed by atoms with Gasteiger partial charge in [0, 0.05) is 52.5 Å². The molecule has 3 aliphatic carbocycles. The van der Waals surface area contributed by atoms with E-state index < -0.39 is 58.0 Å². The van der Waals surface area contributed by atoms with Gasteiger partial charge in [0.05, 0.1) is 11.6 Å². The lowest BCUT2D eigenvalue weighted by molar-refractivity contribution is -0.153. The van der Waals surface area contributed by atoms with Crippen LogP contribution in [0.15, 0.2) is 23.0 Å². The van der Waals surface area contributed by atoms with Gasteiger partial charge in [0.15, 0.2) is 11.4 Å². The average molecular weight is 581 g/mol. The minimum absolute atomic E-state index is 0.0527. The molecular formula is C28H38F2N4O7. The fraction of sp³-hybridized carbons (Fsp3) is 0.536. The largest absolute Gasteiger partial charge is 0.508 e. The molecule has 0 heterocycles. The summed E-state index contributed by atoms with van der Waals surface area (Å²) in [5.74, 6) is -6.15. The van der Waals surface area contributed by atoms with E-state index in [1.165, 1.54) is 4.90 Å². The van der Waals surface area contributed by atoms with Crippen molar-refractivity contribution >= 4 is 28.9 Å². The van der Waals surface area contributed by atoms with Crippen LogP contribution in [0, 0.1) is 17.8 Å². The van der Waals surface area contributed by atoms with Gasteiger partial charge in [-0.1, -0.05) is 13.8 Å². The molecule has 0 bridgehead atoms. The summed E-state index contributed by atoms with van der Waals surface area (Å²) in [6.45, 7) is 5.14. The first-order chi connectivity index (χ1) is 19.1. The molecule has 0 aliphatic heterocycles. The van der Waals surface area contributed by atoms with Crippen molar-refractivity contribution in [2.75, 3.05) is 39.6 Å². The van der Waals surface area contributed by atoms with Crippen LogP contribution >= 0.6 is 0 Å². The van der Waals surface area contributed by atoms with E-state index in [2.05, 4.69) is 19.2 Å². The first-order valence-corrected chi connectivity index (χ1v) is 13.2. The van der Waals surface area contributed by atoms with Gasteiger partial charge in [-0.05, 0) is 56.9 Å². The van der Waals surface area contributed by atoms with E-state index in [0.717, 1.165) is 5.69 Å². The highest BCUT2D eigenvalue weighted by molar-refractivity contribution is 6.24. The molecule has 1 amide bonds. The zero-order valence-electron chi connectivity index (χ0n) is 24.0. The van der Waals surface area contributed by atoms with Gasteiger partial charge in [0.2, 0.25) is 5.78 Å². The smallest absolute Gasteiger partial charge is 0.255 e. The molecule has 1 saturated carbocycles. The predicted molar refractivity (Wildman–Crippen MR) is 147 cm³/mol. The summed E-state index contributed by atoms with van der Waals surface area (Å²) in [5.41, 5.74) is 3.75. The molecule has 11 nitrogen and oxygen atoms in total. The van der Waals surface area contributed by atoms with Gasteiger partial charge in [-0.2, -0.15) is 0 Å². The minimum Gasteiger partial charge on any atom is -0.508 e. The maximum Gasteiger partial charge on any atom is 0.255 e. The molecule has 7 N–H and O–H groups in total. The number of likely N-dealkylation sites (N-methyl/N-ethyl adjacent to an activating group) is 1. The number of fused-ring (bicyclic) bond motifs is 3. The van der Waals surface area contributed by atoms with Gasteiger partial charge in [0.25, 0.3) is 5.91 Å². The zero-order valence-corrected chi connectivity index (χ0v) is 24.0. The number of nitrogens with zero attached hydrogens (tertiary/aromatic N) is 2. The highest BCUT2D eigenvalue weighted by Crippen LogP contribution is 2.54. The number of primary amides is 1. The first kappa shape index (κ1) is 32.0. The zero-order chi connectivity index (χ0) is 31.1.